The minimum absolute atomic E-state index is 0.0434. The van der Waals surface area contributed by atoms with Gasteiger partial charge in [0.25, 0.3) is 0 Å². The van der Waals surface area contributed by atoms with E-state index >= 15 is 0 Å². The number of rotatable bonds is 4. The Morgan fingerprint density at radius 2 is 2.04 bits per heavy atom. The molecule has 0 aromatic rings. The molecule has 7 nitrogen and oxygen atoms in total. The zero-order valence-corrected chi connectivity index (χ0v) is 14.8. The van der Waals surface area contributed by atoms with Gasteiger partial charge in [-0.25, -0.2) is 0 Å². The van der Waals surface area contributed by atoms with Crippen LogP contribution in [0.25, 0.3) is 0 Å². The molecule has 1 unspecified atom stereocenters. The highest BCUT2D eigenvalue weighted by Crippen LogP contribution is 2.21. The molecule has 1 atom stereocenters. The summed E-state index contributed by atoms with van der Waals surface area (Å²) in [6, 6.07) is -0.737. The van der Waals surface area contributed by atoms with Crippen LogP contribution in [0.15, 0.2) is 0 Å². The molecule has 0 bridgehead atoms. The molecule has 0 aromatic carbocycles. The smallest absolute Gasteiger partial charge is 0.308 e. The third-order valence-corrected chi connectivity index (χ3v) is 4.71. The number of piperazine rings is 1. The van der Waals surface area contributed by atoms with Crippen LogP contribution in [0, 0.1) is 0 Å². The van der Waals surface area contributed by atoms with Crippen LogP contribution in [0.4, 0.5) is 0 Å². The largest absolute Gasteiger partial charge is 0.462 e. The molecule has 0 radical (unpaired) electrons. The van der Waals surface area contributed by atoms with E-state index in [1.807, 2.05) is 0 Å². The Kier molecular flexibility index (Phi) is 6.96. The summed E-state index contributed by atoms with van der Waals surface area (Å²) < 4.78 is 5.50. The first kappa shape index (κ1) is 18.6. The third-order valence-electron chi connectivity index (χ3n) is 4.37. The maximum Gasteiger partial charge on any atom is 0.308 e. The van der Waals surface area contributed by atoms with Gasteiger partial charge in [-0.3, -0.25) is 14.4 Å². The molecular weight excluding hydrogens is 330 g/mol. The fourth-order valence-electron chi connectivity index (χ4n) is 3.02. The van der Waals surface area contributed by atoms with Crippen molar-refractivity contribution in [3.05, 3.63) is 0 Å². The van der Waals surface area contributed by atoms with Gasteiger partial charge in [-0.05, 0) is 37.9 Å². The van der Waals surface area contributed by atoms with Crippen LogP contribution in [-0.2, 0) is 19.1 Å². The van der Waals surface area contributed by atoms with E-state index in [2.05, 4.69) is 10.6 Å². The van der Waals surface area contributed by atoms with Crippen molar-refractivity contribution in [3.8, 4) is 0 Å². The third kappa shape index (κ3) is 5.15. The van der Waals surface area contributed by atoms with Crippen molar-refractivity contribution in [2.75, 3.05) is 13.1 Å². The van der Waals surface area contributed by atoms with Gasteiger partial charge in [0, 0.05) is 19.5 Å². The van der Waals surface area contributed by atoms with Crippen molar-refractivity contribution >= 4 is 35.1 Å². The topological polar surface area (TPSA) is 87.7 Å². The average molecular weight is 355 g/mol. The number of hydrogen-bond acceptors (Lipinski definition) is 5. The predicted molar refractivity (Wildman–Crippen MR) is 92.1 cm³/mol. The Morgan fingerprint density at radius 1 is 1.33 bits per heavy atom. The van der Waals surface area contributed by atoms with E-state index < -0.39 is 12.0 Å². The summed E-state index contributed by atoms with van der Waals surface area (Å²) in [5, 5.41) is 5.51. The molecule has 1 saturated heterocycles. The maximum absolute atomic E-state index is 12.2. The second-order valence-electron chi connectivity index (χ2n) is 6.16. The molecule has 0 spiro atoms. The number of carbonyl (C=O) groups excluding carboxylic acids is 3. The van der Waals surface area contributed by atoms with Crippen molar-refractivity contribution < 1.29 is 19.1 Å². The molecule has 2 fully saturated rings. The lowest BCUT2D eigenvalue weighted by Crippen LogP contribution is -2.60. The molecule has 8 heteroatoms. The van der Waals surface area contributed by atoms with Gasteiger partial charge < -0.3 is 20.3 Å². The highest BCUT2D eigenvalue weighted by atomic mass is 32.1. The lowest BCUT2D eigenvalue weighted by Gasteiger charge is -2.36. The van der Waals surface area contributed by atoms with Gasteiger partial charge in [0.1, 0.15) is 12.1 Å². The zero-order valence-electron chi connectivity index (χ0n) is 14.0. The second-order valence-corrected chi connectivity index (χ2v) is 6.55. The number of ether oxygens (including phenoxy) is 1. The minimum atomic E-state index is -0.737. The fourth-order valence-corrected chi connectivity index (χ4v) is 3.35. The van der Waals surface area contributed by atoms with Crippen molar-refractivity contribution in [2.24, 2.45) is 0 Å². The van der Waals surface area contributed by atoms with Gasteiger partial charge in [0.05, 0.1) is 6.42 Å². The number of carbonyl (C=O) groups is 3. The first-order chi connectivity index (χ1) is 11.5. The average Bonchev–Trinajstić information content (AvgIpc) is 2.57. The van der Waals surface area contributed by atoms with E-state index in [4.69, 9.17) is 17.0 Å². The summed E-state index contributed by atoms with van der Waals surface area (Å²) in [6.45, 7) is 2.60. The molecule has 2 amide bonds. The summed E-state index contributed by atoms with van der Waals surface area (Å²) in [7, 11) is 0. The number of nitrogens with one attached hydrogen (secondary N) is 2. The molecule has 1 saturated carbocycles. The van der Waals surface area contributed by atoms with Crippen LogP contribution >= 0.6 is 12.2 Å². The van der Waals surface area contributed by atoms with E-state index in [9.17, 15) is 14.4 Å². The van der Waals surface area contributed by atoms with Crippen molar-refractivity contribution in [1.82, 2.24) is 15.5 Å². The normalized spacial score (nSPS) is 21.8. The zero-order chi connectivity index (χ0) is 17.5. The fraction of sp³-hybridized carbons (Fsp3) is 0.750. The number of amides is 2. The Hall–Kier alpha value is -1.70. The second kappa shape index (κ2) is 8.96. The van der Waals surface area contributed by atoms with Gasteiger partial charge in [0.2, 0.25) is 11.8 Å². The highest BCUT2D eigenvalue weighted by Gasteiger charge is 2.34. The van der Waals surface area contributed by atoms with Crippen LogP contribution < -0.4 is 10.6 Å². The first-order valence-electron chi connectivity index (χ1n) is 8.59. The molecule has 1 heterocycles. The highest BCUT2D eigenvalue weighted by molar-refractivity contribution is 7.80. The summed E-state index contributed by atoms with van der Waals surface area (Å²) in [4.78, 5) is 37.5. The molecule has 0 aromatic heterocycles. The van der Waals surface area contributed by atoms with Gasteiger partial charge in [-0.15, -0.1) is 0 Å². The van der Waals surface area contributed by atoms with Gasteiger partial charge in [0.15, 0.2) is 5.11 Å². The van der Waals surface area contributed by atoms with Crippen LogP contribution in [-0.4, -0.2) is 53.0 Å². The molecular formula is C16H25N3O4S. The molecule has 1 aliphatic heterocycles. The van der Waals surface area contributed by atoms with Crippen molar-refractivity contribution in [1.29, 1.82) is 0 Å². The standard InChI is InChI=1S/C16H25N3O4S/c1-2-13(20)18-16(24)19-9-8-17-15(22)12(19)10-14(21)23-11-6-4-3-5-7-11/h11-12H,2-10H2,1H3,(H,17,22)(H,18,20,24). The Labute approximate surface area is 147 Å². The summed E-state index contributed by atoms with van der Waals surface area (Å²) in [5.41, 5.74) is 0. The monoisotopic (exact) mass is 355 g/mol. The van der Waals surface area contributed by atoms with Crippen molar-refractivity contribution in [2.45, 2.75) is 64.0 Å². The molecule has 2 rings (SSSR count). The molecule has 134 valence electrons. The lowest BCUT2D eigenvalue weighted by atomic mass is 9.98. The Balaban J connectivity index is 1.94. The van der Waals surface area contributed by atoms with Crippen molar-refractivity contribution in [3.63, 3.8) is 0 Å². The van der Waals surface area contributed by atoms with E-state index in [-0.39, 0.29) is 29.5 Å². The lowest BCUT2D eigenvalue weighted by molar-refractivity contribution is -0.153. The van der Waals surface area contributed by atoms with Gasteiger partial charge in [-0.2, -0.15) is 0 Å². The molecule has 1 aliphatic carbocycles. The van der Waals surface area contributed by atoms with Crippen LogP contribution in [0.2, 0.25) is 0 Å². The van der Waals surface area contributed by atoms with Gasteiger partial charge >= 0.3 is 5.97 Å². The molecule has 2 N–H and O–H groups in total. The van der Waals surface area contributed by atoms with Crippen LogP contribution in [0.1, 0.15) is 51.9 Å². The number of esters is 1. The van der Waals surface area contributed by atoms with Crippen LogP contribution in [0.5, 0.6) is 0 Å². The van der Waals surface area contributed by atoms with E-state index in [0.29, 0.717) is 19.5 Å². The molecule has 24 heavy (non-hydrogen) atoms. The van der Waals surface area contributed by atoms with E-state index in [0.717, 1.165) is 25.7 Å². The number of hydrogen-bond donors (Lipinski definition) is 2. The van der Waals surface area contributed by atoms with Crippen LogP contribution in [0.3, 0.4) is 0 Å². The summed E-state index contributed by atoms with van der Waals surface area (Å²) >= 11 is 5.22. The maximum atomic E-state index is 12.2. The minimum Gasteiger partial charge on any atom is -0.462 e. The van der Waals surface area contributed by atoms with E-state index in [1.54, 1.807) is 11.8 Å². The quantitative estimate of drug-likeness (QED) is 0.575. The predicted octanol–water partition coefficient (Wildman–Crippen LogP) is 0.864. The summed E-state index contributed by atoms with van der Waals surface area (Å²) in [6.07, 6.45) is 5.28. The Morgan fingerprint density at radius 3 is 2.71 bits per heavy atom. The van der Waals surface area contributed by atoms with E-state index in [1.165, 1.54) is 6.42 Å². The van der Waals surface area contributed by atoms with Gasteiger partial charge in [-0.1, -0.05) is 13.3 Å². The number of nitrogens with zero attached hydrogens (tertiary/aromatic N) is 1. The Bertz CT molecular complexity index is 506. The first-order valence-corrected chi connectivity index (χ1v) is 8.99. The summed E-state index contributed by atoms with van der Waals surface area (Å²) in [5.74, 6) is -0.872. The SMILES string of the molecule is CCC(=O)NC(=S)N1CCNC(=O)C1CC(=O)OC1CCCCC1. The molecule has 2 aliphatic rings. The number of thiocarbonyl (C=S) groups is 1.